The minimum absolute atomic E-state index is 0.310. The van der Waals surface area contributed by atoms with Crippen molar-refractivity contribution < 1.29 is 15.3 Å². The molecule has 0 saturated carbocycles. The summed E-state index contributed by atoms with van der Waals surface area (Å²) >= 11 is 0. The molecule has 0 heterocycles. The van der Waals surface area contributed by atoms with Gasteiger partial charge in [-0.2, -0.15) is 0 Å². The van der Waals surface area contributed by atoms with Crippen LogP contribution in [0.5, 0.6) is 0 Å². The second-order valence-electron chi connectivity index (χ2n) is 10.3. The molecule has 0 spiro atoms. The third-order valence-electron chi connectivity index (χ3n) is 6.74. The molecule has 0 aliphatic carbocycles. The molecule has 0 aromatic carbocycles. The minimum atomic E-state index is -0.489. The van der Waals surface area contributed by atoms with Crippen LogP contribution in [0.4, 0.5) is 0 Å². The Bertz CT molecular complexity index is 347. The van der Waals surface area contributed by atoms with E-state index in [4.69, 9.17) is 10.2 Å². The van der Waals surface area contributed by atoms with E-state index in [-0.39, 0.29) is 0 Å². The zero-order chi connectivity index (χ0) is 23.4. The van der Waals surface area contributed by atoms with Gasteiger partial charge in [-0.25, -0.2) is 0 Å². The van der Waals surface area contributed by atoms with Crippen LogP contribution in [0.25, 0.3) is 0 Å². The Morgan fingerprint density at radius 2 is 0.839 bits per heavy atom. The van der Waals surface area contributed by atoms with E-state index in [2.05, 4.69) is 32.6 Å². The van der Waals surface area contributed by atoms with Crippen LogP contribution in [0.15, 0.2) is 0 Å². The van der Waals surface area contributed by atoms with Gasteiger partial charge in [-0.05, 0) is 79.2 Å². The predicted octanol–water partition coefficient (Wildman–Crippen LogP) is 6.45. The van der Waals surface area contributed by atoms with Crippen LogP contribution in [0.2, 0.25) is 0 Å². The molecule has 0 amide bonds. The van der Waals surface area contributed by atoms with Crippen LogP contribution in [-0.4, -0.2) is 57.7 Å². The van der Waals surface area contributed by atoms with Crippen LogP contribution in [0.1, 0.15) is 137 Å². The lowest BCUT2D eigenvalue weighted by molar-refractivity contribution is 0.00622. The third-order valence-corrected chi connectivity index (χ3v) is 6.74. The summed E-state index contributed by atoms with van der Waals surface area (Å²) in [4.78, 5) is 2.55. The van der Waals surface area contributed by atoms with E-state index in [1.54, 1.807) is 0 Å². The first kappa shape index (κ1) is 30.8. The van der Waals surface area contributed by atoms with E-state index >= 15 is 0 Å². The second-order valence-corrected chi connectivity index (χ2v) is 10.3. The molecule has 0 unspecified atom stereocenters. The molecular weight excluding hydrogens is 386 g/mol. The van der Waals surface area contributed by atoms with E-state index in [1.165, 1.54) is 44.9 Å². The minimum Gasteiger partial charge on any atom is -0.396 e. The summed E-state index contributed by atoms with van der Waals surface area (Å²) in [6.45, 7) is 10.8. The number of aliphatic hydroxyl groups excluding tert-OH is 2. The highest BCUT2D eigenvalue weighted by Crippen LogP contribution is 2.29. The summed E-state index contributed by atoms with van der Waals surface area (Å²) in [6.07, 6.45) is 18.7. The van der Waals surface area contributed by atoms with Crippen LogP contribution in [0, 0.1) is 0 Å². The topological polar surface area (TPSA) is 63.9 Å². The average Bonchev–Trinajstić information content (AvgIpc) is 2.72. The van der Waals surface area contributed by atoms with Crippen LogP contribution in [-0.2, 0) is 0 Å². The van der Waals surface area contributed by atoms with E-state index in [9.17, 15) is 5.11 Å². The molecule has 0 fully saturated rings. The van der Waals surface area contributed by atoms with Crippen molar-refractivity contribution in [3.63, 3.8) is 0 Å². The molecule has 0 aromatic heterocycles. The first-order valence-corrected chi connectivity index (χ1v) is 13.6. The Labute approximate surface area is 194 Å². The van der Waals surface area contributed by atoms with Crippen molar-refractivity contribution in [1.29, 1.82) is 0 Å². The molecule has 0 aromatic rings. The Morgan fingerprint density at radius 3 is 1.19 bits per heavy atom. The van der Waals surface area contributed by atoms with Gasteiger partial charge in [-0.15, -0.1) is 0 Å². The highest BCUT2D eigenvalue weighted by molar-refractivity contribution is 4.79. The van der Waals surface area contributed by atoms with Crippen molar-refractivity contribution >= 4 is 0 Å². The summed E-state index contributed by atoms with van der Waals surface area (Å²) in [7, 11) is 0. The third kappa shape index (κ3) is 18.0. The molecule has 0 aliphatic rings. The van der Waals surface area contributed by atoms with Crippen LogP contribution in [0.3, 0.4) is 0 Å². The molecule has 0 saturated heterocycles. The summed E-state index contributed by atoms with van der Waals surface area (Å²) in [5, 5.41) is 29.2. The lowest BCUT2D eigenvalue weighted by Gasteiger charge is -2.32. The van der Waals surface area contributed by atoms with Crippen molar-refractivity contribution in [2.45, 2.75) is 155 Å². The first-order chi connectivity index (χ1) is 14.9. The molecule has 3 N–H and O–H groups in total. The second kappa shape index (κ2) is 20.4. The van der Waals surface area contributed by atoms with Crippen molar-refractivity contribution in [1.82, 2.24) is 4.90 Å². The molecule has 31 heavy (non-hydrogen) atoms. The maximum absolute atomic E-state index is 11.4. The zero-order valence-corrected chi connectivity index (χ0v) is 21.6. The van der Waals surface area contributed by atoms with Gasteiger partial charge >= 0.3 is 0 Å². The Balaban J connectivity index is 4.33. The fourth-order valence-electron chi connectivity index (χ4n) is 4.78. The van der Waals surface area contributed by atoms with Crippen LogP contribution >= 0.6 is 0 Å². The zero-order valence-electron chi connectivity index (χ0n) is 21.6. The van der Waals surface area contributed by atoms with E-state index in [1.807, 2.05) is 0 Å². The largest absolute Gasteiger partial charge is 0.396 e. The molecular formula is C27H57NO3. The molecule has 0 radical (unpaired) electrons. The lowest BCUT2D eigenvalue weighted by atomic mass is 9.85. The van der Waals surface area contributed by atoms with Gasteiger partial charge in [0.25, 0.3) is 0 Å². The molecule has 4 heteroatoms. The van der Waals surface area contributed by atoms with Crippen molar-refractivity contribution in [2.24, 2.45) is 0 Å². The Kier molecular flexibility index (Phi) is 20.3. The fraction of sp³-hybridized carbons (Fsp3) is 1.00. The highest BCUT2D eigenvalue weighted by Gasteiger charge is 2.25. The molecule has 0 aliphatic heterocycles. The van der Waals surface area contributed by atoms with Crippen molar-refractivity contribution in [2.75, 3.05) is 19.8 Å². The van der Waals surface area contributed by atoms with Crippen molar-refractivity contribution in [3.8, 4) is 0 Å². The molecule has 0 bridgehead atoms. The Hall–Kier alpha value is -0.160. The number of hydrogen-bond acceptors (Lipinski definition) is 4. The van der Waals surface area contributed by atoms with Gasteiger partial charge < -0.3 is 15.3 Å². The first-order valence-electron chi connectivity index (χ1n) is 13.6. The molecule has 0 atom stereocenters. The fourth-order valence-corrected chi connectivity index (χ4v) is 4.78. The van der Waals surface area contributed by atoms with Crippen molar-refractivity contribution in [3.05, 3.63) is 0 Å². The average molecular weight is 444 g/mol. The number of rotatable bonds is 23. The summed E-state index contributed by atoms with van der Waals surface area (Å²) in [5.41, 5.74) is -0.489. The predicted molar refractivity (Wildman–Crippen MR) is 135 cm³/mol. The lowest BCUT2D eigenvalue weighted by Crippen LogP contribution is -2.38. The van der Waals surface area contributed by atoms with Gasteiger partial charge in [0, 0.05) is 25.3 Å². The van der Waals surface area contributed by atoms with Crippen LogP contribution < -0.4 is 0 Å². The van der Waals surface area contributed by atoms with Gasteiger partial charge in [-0.1, -0.05) is 64.2 Å². The highest BCUT2D eigenvalue weighted by atomic mass is 16.3. The van der Waals surface area contributed by atoms with Gasteiger partial charge in [0.2, 0.25) is 0 Å². The summed E-state index contributed by atoms with van der Waals surface area (Å²) in [5.74, 6) is 0. The smallest absolute Gasteiger partial charge is 0.0647 e. The quantitative estimate of drug-likeness (QED) is 0.159. The summed E-state index contributed by atoms with van der Waals surface area (Å²) in [6, 6.07) is 1.16. The maximum atomic E-state index is 11.4. The van der Waals surface area contributed by atoms with Gasteiger partial charge in [0.15, 0.2) is 0 Å². The molecule has 4 nitrogen and oxygen atoms in total. The summed E-state index contributed by atoms with van der Waals surface area (Å²) < 4.78 is 0. The number of nitrogens with zero attached hydrogens (tertiary/aromatic N) is 1. The molecule has 188 valence electrons. The maximum Gasteiger partial charge on any atom is 0.0647 e. The number of unbranched alkanes of at least 4 members (excludes halogenated alkanes) is 11. The van der Waals surface area contributed by atoms with E-state index < -0.39 is 5.60 Å². The monoisotopic (exact) mass is 443 g/mol. The van der Waals surface area contributed by atoms with Gasteiger partial charge in [0.05, 0.1) is 5.60 Å². The number of hydrogen-bond donors (Lipinski definition) is 3. The SMILES string of the molecule is CC(C)N(CCCCC(O)(CCCCCCCCO)CCCCCCCCO)C(C)C. The van der Waals surface area contributed by atoms with Gasteiger partial charge in [-0.3, -0.25) is 4.90 Å². The normalized spacial score (nSPS) is 12.6. The number of aliphatic hydroxyl groups is 3. The van der Waals surface area contributed by atoms with E-state index in [0.717, 1.165) is 70.8 Å². The Morgan fingerprint density at radius 1 is 0.516 bits per heavy atom. The molecule has 0 rings (SSSR count). The standard InChI is InChI=1S/C27H57NO3/c1-25(2)28(26(3)4)22-16-15-21-27(31,19-13-9-5-7-11-17-23-29)20-14-10-6-8-12-18-24-30/h25-26,29-31H,5-24H2,1-4H3. The van der Waals surface area contributed by atoms with E-state index in [0.29, 0.717) is 25.3 Å². The van der Waals surface area contributed by atoms with Gasteiger partial charge in [0.1, 0.15) is 0 Å².